The first kappa shape index (κ1) is 30.8. The maximum atomic E-state index is 14.3. The molecule has 0 spiro atoms. The summed E-state index contributed by atoms with van der Waals surface area (Å²) in [5.41, 5.74) is 7.31. The van der Waals surface area contributed by atoms with E-state index < -0.39 is 27.3 Å². The van der Waals surface area contributed by atoms with Crippen molar-refractivity contribution in [3.63, 3.8) is 0 Å². The highest BCUT2D eigenvalue weighted by atomic mass is 32.2. The monoisotopic (exact) mass is 632 g/mol. The van der Waals surface area contributed by atoms with Crippen LogP contribution in [0.4, 0.5) is 0 Å². The molecular formula is C33H32N2O7S2. The Hall–Kier alpha value is -4.61. The Balaban J connectivity index is 1.84. The molecule has 0 aliphatic carbocycles. The van der Waals surface area contributed by atoms with Crippen molar-refractivity contribution < 1.29 is 27.4 Å². The molecule has 2 heterocycles. The van der Waals surface area contributed by atoms with E-state index in [0.29, 0.717) is 35.8 Å². The molecule has 1 aliphatic rings. The molecule has 0 unspecified atom stereocenters. The van der Waals surface area contributed by atoms with E-state index in [1.807, 2.05) is 13.8 Å². The Morgan fingerprint density at radius 2 is 1.48 bits per heavy atom. The van der Waals surface area contributed by atoms with Crippen LogP contribution >= 0.6 is 11.3 Å². The van der Waals surface area contributed by atoms with Crippen LogP contribution in [-0.2, 0) is 19.4 Å². The van der Waals surface area contributed by atoms with Gasteiger partial charge in [0.05, 0.1) is 40.7 Å². The van der Waals surface area contributed by atoms with Gasteiger partial charge in [-0.05, 0) is 74.4 Å². The van der Waals surface area contributed by atoms with Gasteiger partial charge in [0, 0.05) is 0 Å². The molecule has 0 bridgehead atoms. The van der Waals surface area contributed by atoms with Crippen LogP contribution in [0.25, 0.3) is 17.5 Å². The number of ether oxygens (including phenoxy) is 3. The van der Waals surface area contributed by atoms with E-state index in [4.69, 9.17) is 19.9 Å². The maximum Gasteiger partial charge on any atom is 0.338 e. The van der Waals surface area contributed by atoms with E-state index in [0.717, 1.165) is 15.9 Å². The summed E-state index contributed by atoms with van der Waals surface area (Å²) in [5, 5.41) is 0. The second-order valence-electron chi connectivity index (χ2n) is 9.69. The van der Waals surface area contributed by atoms with Gasteiger partial charge in [-0.15, -0.1) is 11.3 Å². The minimum Gasteiger partial charge on any atom is -0.494 e. The predicted molar refractivity (Wildman–Crippen MR) is 170 cm³/mol. The van der Waals surface area contributed by atoms with Crippen molar-refractivity contribution in [3.05, 3.63) is 114 Å². The van der Waals surface area contributed by atoms with Crippen molar-refractivity contribution in [2.75, 3.05) is 19.8 Å². The summed E-state index contributed by atoms with van der Waals surface area (Å²) in [6, 6.07) is 21.8. The number of rotatable bonds is 10. The van der Waals surface area contributed by atoms with E-state index in [-0.39, 0.29) is 37.0 Å². The predicted octanol–water partition coefficient (Wildman–Crippen LogP) is 3.61. The van der Waals surface area contributed by atoms with E-state index in [9.17, 15) is 18.0 Å². The van der Waals surface area contributed by atoms with Gasteiger partial charge in [0.25, 0.3) is 5.56 Å². The van der Waals surface area contributed by atoms with Gasteiger partial charge in [0.1, 0.15) is 26.9 Å². The molecule has 11 heteroatoms. The number of carbonyl (C=O) groups excluding carboxylic acids is 1. The standard InChI is InChI=1S/C33H32N2O7S2/c1-4-40-23-16-12-21(13-17-23)20-26-31(36)35-30(34)29(44(38,39)25-10-8-7-9-11-25)27(22-14-18-24(19-15-22)41-5-2)28(32(35)43-26)33(37)42-6-3/h7-20,27H,4-6,34H2,1-3H3/b26-20+/t27-/m1/s1. The number of benzene rings is 3. The van der Waals surface area contributed by atoms with Crippen molar-refractivity contribution in [1.82, 2.24) is 4.57 Å². The third-order valence-electron chi connectivity index (χ3n) is 6.95. The molecular weight excluding hydrogens is 601 g/mol. The zero-order valence-corrected chi connectivity index (χ0v) is 26.1. The van der Waals surface area contributed by atoms with Crippen molar-refractivity contribution >= 4 is 44.6 Å². The van der Waals surface area contributed by atoms with E-state index >= 15 is 0 Å². The molecule has 1 aliphatic heterocycles. The van der Waals surface area contributed by atoms with Crippen LogP contribution in [-0.4, -0.2) is 38.8 Å². The van der Waals surface area contributed by atoms with Gasteiger partial charge < -0.3 is 19.9 Å². The fourth-order valence-corrected chi connectivity index (χ4v) is 7.91. The van der Waals surface area contributed by atoms with E-state index in [1.165, 1.54) is 12.1 Å². The summed E-state index contributed by atoms with van der Waals surface area (Å²) in [5.74, 6) is -0.919. The lowest BCUT2D eigenvalue weighted by Gasteiger charge is -2.28. The normalized spacial score (nSPS) is 15.2. The van der Waals surface area contributed by atoms with Crippen LogP contribution in [0.2, 0.25) is 0 Å². The third kappa shape index (κ3) is 5.80. The van der Waals surface area contributed by atoms with E-state index in [2.05, 4.69) is 0 Å². The topological polar surface area (TPSA) is 127 Å². The summed E-state index contributed by atoms with van der Waals surface area (Å²) in [6.07, 6.45) is 1.67. The first-order valence-electron chi connectivity index (χ1n) is 14.1. The van der Waals surface area contributed by atoms with Gasteiger partial charge in [-0.2, -0.15) is 0 Å². The number of fused-ring (bicyclic) bond motifs is 1. The number of sulfone groups is 1. The molecule has 0 amide bonds. The van der Waals surface area contributed by atoms with Gasteiger partial charge in [0.15, 0.2) is 0 Å². The summed E-state index contributed by atoms with van der Waals surface area (Å²) < 4.78 is 46.8. The number of esters is 1. The molecule has 0 saturated carbocycles. The number of nitrogens with two attached hydrogens (primary N) is 1. The highest BCUT2D eigenvalue weighted by molar-refractivity contribution is 7.95. The van der Waals surface area contributed by atoms with Crippen molar-refractivity contribution in [2.24, 2.45) is 5.73 Å². The van der Waals surface area contributed by atoms with Crippen LogP contribution in [0.1, 0.15) is 37.8 Å². The molecule has 1 aromatic heterocycles. The average molecular weight is 633 g/mol. The fourth-order valence-electron chi connectivity index (χ4n) is 5.05. The Labute approximate surface area is 259 Å². The van der Waals surface area contributed by atoms with Crippen molar-refractivity contribution in [1.29, 1.82) is 0 Å². The SMILES string of the molecule is CCOC(=O)C1=c2s/c(=C/c3ccc(OCC)cc3)c(=O)n2C(N)=C(S(=O)(=O)c2ccccc2)[C@@H]1c1ccc(OCC)cc1. The second-order valence-corrected chi connectivity index (χ2v) is 12.6. The lowest BCUT2D eigenvalue weighted by Crippen LogP contribution is -2.41. The average Bonchev–Trinajstić information content (AvgIpc) is 3.34. The van der Waals surface area contributed by atoms with Crippen LogP contribution in [0.15, 0.2) is 93.5 Å². The van der Waals surface area contributed by atoms with Gasteiger partial charge in [0.2, 0.25) is 9.84 Å². The first-order chi connectivity index (χ1) is 21.2. The highest BCUT2D eigenvalue weighted by Crippen LogP contribution is 2.42. The molecule has 3 aromatic carbocycles. The van der Waals surface area contributed by atoms with Gasteiger partial charge in [-0.3, -0.25) is 9.36 Å². The van der Waals surface area contributed by atoms with Crippen LogP contribution in [0, 0.1) is 0 Å². The number of carbonyl (C=O) groups is 1. The Morgan fingerprint density at radius 3 is 2.05 bits per heavy atom. The molecule has 5 rings (SSSR count). The number of nitrogens with zero attached hydrogens (tertiary/aromatic N) is 1. The molecule has 228 valence electrons. The lowest BCUT2D eigenvalue weighted by atomic mass is 9.89. The number of hydrogen-bond acceptors (Lipinski definition) is 9. The zero-order valence-electron chi connectivity index (χ0n) is 24.5. The number of thiazole rings is 1. The number of allylic oxidation sites excluding steroid dienone is 1. The molecule has 4 aromatic rings. The molecule has 0 saturated heterocycles. The minimum absolute atomic E-state index is 0.00756. The first-order valence-corrected chi connectivity index (χ1v) is 16.4. The molecule has 0 fully saturated rings. The summed E-state index contributed by atoms with van der Waals surface area (Å²) in [4.78, 5) is 27.3. The van der Waals surface area contributed by atoms with Crippen LogP contribution in [0.5, 0.6) is 11.5 Å². The zero-order chi connectivity index (χ0) is 31.4. The number of hydrogen-bond donors (Lipinski definition) is 1. The quantitative estimate of drug-likeness (QED) is 0.263. The third-order valence-corrected chi connectivity index (χ3v) is 9.97. The highest BCUT2D eigenvalue weighted by Gasteiger charge is 2.42. The summed E-state index contributed by atoms with van der Waals surface area (Å²) in [7, 11) is -4.31. The van der Waals surface area contributed by atoms with Crippen molar-refractivity contribution in [2.45, 2.75) is 31.6 Å². The molecule has 1 atom stereocenters. The molecule has 44 heavy (non-hydrogen) atoms. The molecule has 9 nitrogen and oxygen atoms in total. The fraction of sp³-hybridized carbons (Fsp3) is 0.212. The smallest absolute Gasteiger partial charge is 0.338 e. The van der Waals surface area contributed by atoms with Gasteiger partial charge in [-0.1, -0.05) is 42.5 Å². The Kier molecular flexibility index (Phi) is 9.07. The largest absolute Gasteiger partial charge is 0.494 e. The minimum atomic E-state index is -4.31. The Morgan fingerprint density at radius 1 is 0.886 bits per heavy atom. The molecule has 0 radical (unpaired) electrons. The van der Waals surface area contributed by atoms with E-state index in [1.54, 1.807) is 79.7 Å². The van der Waals surface area contributed by atoms with Crippen LogP contribution < -0.4 is 30.0 Å². The van der Waals surface area contributed by atoms with Gasteiger partial charge in [-0.25, -0.2) is 13.2 Å². The lowest BCUT2D eigenvalue weighted by molar-refractivity contribution is -0.136. The molecule has 2 N–H and O–H groups in total. The second kappa shape index (κ2) is 12.9. The van der Waals surface area contributed by atoms with Crippen molar-refractivity contribution in [3.8, 4) is 11.5 Å². The van der Waals surface area contributed by atoms with Gasteiger partial charge >= 0.3 is 5.97 Å². The van der Waals surface area contributed by atoms with Crippen LogP contribution in [0.3, 0.4) is 0 Å². The number of aromatic nitrogens is 1. The summed E-state index contributed by atoms with van der Waals surface area (Å²) in [6.45, 7) is 6.40. The Bertz CT molecular complexity index is 1990. The summed E-state index contributed by atoms with van der Waals surface area (Å²) >= 11 is 1.05. The maximum absolute atomic E-state index is 14.3.